The SMILES string of the molecule is COCCCNC(=O)C(C)NC(=O)c1ccc(C(C)(C)C)cc1. The first-order valence-electron chi connectivity index (χ1n) is 7.93. The van der Waals surface area contributed by atoms with Crippen molar-refractivity contribution in [1.82, 2.24) is 10.6 Å². The summed E-state index contributed by atoms with van der Waals surface area (Å²) in [7, 11) is 1.62. The van der Waals surface area contributed by atoms with Crippen LogP contribution in [-0.2, 0) is 14.9 Å². The summed E-state index contributed by atoms with van der Waals surface area (Å²) in [6.07, 6.45) is 0.747. The molecule has 0 bridgehead atoms. The Morgan fingerprint density at radius 1 is 1.17 bits per heavy atom. The number of carbonyl (C=O) groups is 2. The first kappa shape index (κ1) is 19.2. The number of carbonyl (C=O) groups excluding carboxylic acids is 2. The number of methoxy groups -OCH3 is 1. The number of nitrogens with one attached hydrogen (secondary N) is 2. The van der Waals surface area contributed by atoms with E-state index in [9.17, 15) is 9.59 Å². The Labute approximate surface area is 138 Å². The van der Waals surface area contributed by atoms with Gasteiger partial charge in [0.1, 0.15) is 6.04 Å². The van der Waals surface area contributed by atoms with Crippen molar-refractivity contribution in [2.75, 3.05) is 20.3 Å². The molecule has 0 saturated heterocycles. The average molecular weight is 320 g/mol. The van der Waals surface area contributed by atoms with Crippen molar-refractivity contribution < 1.29 is 14.3 Å². The van der Waals surface area contributed by atoms with Gasteiger partial charge in [-0.15, -0.1) is 0 Å². The second kappa shape index (κ2) is 8.67. The average Bonchev–Trinajstić information content (AvgIpc) is 2.50. The van der Waals surface area contributed by atoms with Gasteiger partial charge in [-0.25, -0.2) is 0 Å². The largest absolute Gasteiger partial charge is 0.385 e. The number of hydrogen-bond acceptors (Lipinski definition) is 3. The molecule has 5 nitrogen and oxygen atoms in total. The van der Waals surface area contributed by atoms with E-state index in [2.05, 4.69) is 31.4 Å². The molecule has 0 aliphatic rings. The summed E-state index contributed by atoms with van der Waals surface area (Å²) in [4.78, 5) is 24.1. The number of amides is 2. The van der Waals surface area contributed by atoms with Gasteiger partial charge in [-0.1, -0.05) is 32.9 Å². The molecule has 1 aromatic rings. The fourth-order valence-electron chi connectivity index (χ4n) is 2.05. The van der Waals surface area contributed by atoms with Gasteiger partial charge < -0.3 is 15.4 Å². The van der Waals surface area contributed by atoms with Crippen molar-refractivity contribution in [1.29, 1.82) is 0 Å². The Hall–Kier alpha value is -1.88. The summed E-state index contributed by atoms with van der Waals surface area (Å²) in [5.41, 5.74) is 1.76. The van der Waals surface area contributed by atoms with E-state index in [-0.39, 0.29) is 17.2 Å². The van der Waals surface area contributed by atoms with Crippen molar-refractivity contribution >= 4 is 11.8 Å². The third-order valence-electron chi connectivity index (χ3n) is 3.58. The molecule has 0 aliphatic carbocycles. The van der Waals surface area contributed by atoms with Crippen LogP contribution in [0.2, 0.25) is 0 Å². The highest BCUT2D eigenvalue weighted by molar-refractivity contribution is 5.97. The topological polar surface area (TPSA) is 67.4 Å². The van der Waals surface area contributed by atoms with Gasteiger partial charge in [-0.2, -0.15) is 0 Å². The van der Waals surface area contributed by atoms with Gasteiger partial charge >= 0.3 is 0 Å². The van der Waals surface area contributed by atoms with E-state index >= 15 is 0 Å². The van der Waals surface area contributed by atoms with Crippen LogP contribution in [0.15, 0.2) is 24.3 Å². The minimum Gasteiger partial charge on any atom is -0.385 e. The van der Waals surface area contributed by atoms with Gasteiger partial charge in [0.25, 0.3) is 5.91 Å². The van der Waals surface area contributed by atoms with Gasteiger partial charge in [0, 0.05) is 25.8 Å². The summed E-state index contributed by atoms with van der Waals surface area (Å²) in [6, 6.07) is 6.90. The lowest BCUT2D eigenvalue weighted by molar-refractivity contribution is -0.122. The Kier molecular flexibility index (Phi) is 7.23. The maximum atomic E-state index is 12.2. The molecule has 23 heavy (non-hydrogen) atoms. The molecule has 0 aliphatic heterocycles. The smallest absolute Gasteiger partial charge is 0.251 e. The molecule has 0 radical (unpaired) electrons. The minimum atomic E-state index is -0.577. The predicted molar refractivity (Wildman–Crippen MR) is 91.6 cm³/mol. The molecule has 2 amide bonds. The van der Waals surface area contributed by atoms with E-state index in [0.717, 1.165) is 12.0 Å². The zero-order chi connectivity index (χ0) is 17.5. The Bertz CT molecular complexity index is 518. The lowest BCUT2D eigenvalue weighted by Crippen LogP contribution is -2.45. The summed E-state index contributed by atoms with van der Waals surface area (Å²) >= 11 is 0. The van der Waals surface area contributed by atoms with Crippen LogP contribution in [0.5, 0.6) is 0 Å². The van der Waals surface area contributed by atoms with E-state index in [4.69, 9.17) is 4.74 Å². The minimum absolute atomic E-state index is 0.0460. The lowest BCUT2D eigenvalue weighted by atomic mass is 9.86. The first-order chi connectivity index (χ1) is 10.8. The normalized spacial score (nSPS) is 12.6. The molecule has 0 saturated carbocycles. The van der Waals surface area contributed by atoms with Crippen LogP contribution in [0.25, 0.3) is 0 Å². The molecule has 0 spiro atoms. The molecule has 0 fully saturated rings. The van der Waals surface area contributed by atoms with Crippen LogP contribution in [0, 0.1) is 0 Å². The van der Waals surface area contributed by atoms with Crippen molar-refractivity contribution in [2.45, 2.75) is 45.6 Å². The molecule has 1 aromatic carbocycles. The standard InChI is InChI=1S/C18H28N2O3/c1-13(16(21)19-11-6-12-23-5)20-17(22)14-7-9-15(10-8-14)18(2,3)4/h7-10,13H,6,11-12H2,1-5H3,(H,19,21)(H,20,22). The van der Waals surface area contributed by atoms with E-state index in [1.54, 1.807) is 26.2 Å². The lowest BCUT2D eigenvalue weighted by Gasteiger charge is -2.19. The molecule has 2 N–H and O–H groups in total. The van der Waals surface area contributed by atoms with Crippen molar-refractivity contribution in [3.63, 3.8) is 0 Å². The zero-order valence-corrected chi connectivity index (χ0v) is 14.7. The number of rotatable bonds is 7. The number of hydrogen-bond donors (Lipinski definition) is 2. The van der Waals surface area contributed by atoms with Crippen molar-refractivity contribution in [3.8, 4) is 0 Å². The van der Waals surface area contributed by atoms with Gasteiger partial charge in [0.05, 0.1) is 0 Å². The van der Waals surface area contributed by atoms with Gasteiger partial charge in [0.15, 0.2) is 0 Å². The highest BCUT2D eigenvalue weighted by atomic mass is 16.5. The van der Waals surface area contributed by atoms with E-state index < -0.39 is 6.04 Å². The Morgan fingerprint density at radius 2 is 1.78 bits per heavy atom. The van der Waals surface area contributed by atoms with Crippen LogP contribution in [-0.4, -0.2) is 38.1 Å². The number of ether oxygens (including phenoxy) is 1. The molecule has 1 unspecified atom stereocenters. The molecular weight excluding hydrogens is 292 g/mol. The van der Waals surface area contributed by atoms with E-state index in [0.29, 0.717) is 18.7 Å². The van der Waals surface area contributed by atoms with Crippen LogP contribution < -0.4 is 10.6 Å². The highest BCUT2D eigenvalue weighted by Crippen LogP contribution is 2.22. The summed E-state index contributed by atoms with van der Waals surface area (Å²) in [5.74, 6) is -0.439. The predicted octanol–water partition coefficient (Wildman–Crippen LogP) is 2.26. The maximum absolute atomic E-state index is 12.2. The van der Waals surface area contributed by atoms with Gasteiger partial charge in [-0.3, -0.25) is 9.59 Å². The zero-order valence-electron chi connectivity index (χ0n) is 14.7. The van der Waals surface area contributed by atoms with Crippen LogP contribution in [0.4, 0.5) is 0 Å². The monoisotopic (exact) mass is 320 g/mol. The summed E-state index contributed by atoms with van der Waals surface area (Å²) in [6.45, 7) is 9.18. The van der Waals surface area contributed by atoms with Gasteiger partial charge in [-0.05, 0) is 36.5 Å². The van der Waals surface area contributed by atoms with Crippen LogP contribution >= 0.6 is 0 Å². The third-order valence-corrected chi connectivity index (χ3v) is 3.58. The molecule has 1 atom stereocenters. The second-order valence-corrected chi connectivity index (χ2v) is 6.66. The van der Waals surface area contributed by atoms with Crippen molar-refractivity contribution in [2.24, 2.45) is 0 Å². The van der Waals surface area contributed by atoms with Gasteiger partial charge in [0.2, 0.25) is 5.91 Å². The van der Waals surface area contributed by atoms with E-state index in [1.807, 2.05) is 12.1 Å². The quantitative estimate of drug-likeness (QED) is 0.757. The highest BCUT2D eigenvalue weighted by Gasteiger charge is 2.17. The molecule has 0 aromatic heterocycles. The fraction of sp³-hybridized carbons (Fsp3) is 0.556. The first-order valence-corrected chi connectivity index (χ1v) is 7.93. The molecular formula is C18H28N2O3. The van der Waals surface area contributed by atoms with E-state index in [1.165, 1.54) is 0 Å². The molecule has 1 rings (SSSR count). The molecule has 0 heterocycles. The summed E-state index contributed by atoms with van der Waals surface area (Å²) in [5, 5.41) is 5.48. The Balaban J connectivity index is 2.53. The summed E-state index contributed by atoms with van der Waals surface area (Å²) < 4.78 is 4.92. The van der Waals surface area contributed by atoms with Crippen molar-refractivity contribution in [3.05, 3.63) is 35.4 Å². The number of benzene rings is 1. The second-order valence-electron chi connectivity index (χ2n) is 6.66. The molecule has 128 valence electrons. The Morgan fingerprint density at radius 3 is 2.30 bits per heavy atom. The molecule has 5 heteroatoms. The third kappa shape index (κ3) is 6.40. The van der Waals surface area contributed by atoms with Crippen LogP contribution in [0.3, 0.4) is 0 Å². The maximum Gasteiger partial charge on any atom is 0.251 e. The fourth-order valence-corrected chi connectivity index (χ4v) is 2.05. The van der Waals surface area contributed by atoms with Crippen LogP contribution in [0.1, 0.15) is 50.0 Å².